The van der Waals surface area contributed by atoms with Crippen LogP contribution in [0.1, 0.15) is 23.2 Å². The quantitative estimate of drug-likeness (QED) is 0.470. The van der Waals surface area contributed by atoms with Gasteiger partial charge in [-0.05, 0) is 36.4 Å². The number of ether oxygens (including phenoxy) is 1. The van der Waals surface area contributed by atoms with Gasteiger partial charge in [0.05, 0.1) is 34.5 Å². The highest BCUT2D eigenvalue weighted by molar-refractivity contribution is 7.14. The zero-order valence-corrected chi connectivity index (χ0v) is 16.3. The number of hydrogen-bond acceptors (Lipinski definition) is 7. The number of hydrogen-bond donors (Lipinski definition) is 3. The number of aliphatic carboxylic acids is 1. The fraction of sp³-hybridized carbons (Fsp3) is 0.316. The van der Waals surface area contributed by atoms with Crippen molar-refractivity contribution in [2.24, 2.45) is 11.8 Å². The molecule has 4 rings (SSSR count). The highest BCUT2D eigenvalue weighted by atomic mass is 32.1. The molecule has 1 aromatic carbocycles. The first kappa shape index (κ1) is 20.0. The number of fused-ring (bicyclic) bond motifs is 2. The maximum atomic E-state index is 12.8. The topological polar surface area (TPSA) is 148 Å². The normalized spacial score (nSPS) is 24.4. The number of nitro benzene ring substituents is 1. The number of non-ortho nitro benzene ring substituents is 1. The van der Waals surface area contributed by atoms with Crippen molar-refractivity contribution < 1.29 is 29.2 Å². The Kier molecular flexibility index (Phi) is 5.22. The van der Waals surface area contributed by atoms with E-state index in [9.17, 15) is 29.6 Å². The Morgan fingerprint density at radius 2 is 1.73 bits per heavy atom. The maximum Gasteiger partial charge on any atom is 0.310 e. The number of nitrogens with one attached hydrogen (secondary N) is 2. The predicted octanol–water partition coefficient (Wildman–Crippen LogP) is 2.73. The Balaban J connectivity index is 1.46. The Bertz CT molecular complexity index is 1020. The summed E-state index contributed by atoms with van der Waals surface area (Å²) in [6.45, 7) is 0. The minimum Gasteiger partial charge on any atom is -0.481 e. The molecule has 2 fully saturated rings. The lowest BCUT2D eigenvalue weighted by Gasteiger charge is -2.23. The molecular weight excluding hydrogens is 414 g/mol. The molecule has 0 aliphatic carbocycles. The van der Waals surface area contributed by atoms with Crippen LogP contribution in [0.3, 0.4) is 0 Å². The standard InChI is InChI=1S/C19H17N3O7S/c23-16(20-9-1-3-10(4-2-9)22(27)28)11-7-8-30-18(11)21-17(24)14-12-5-6-13(29-12)15(14)19(25)26/h1-4,7-8,12-15H,5-6H2,(H,20,23)(H,21,24)(H,25,26). The predicted molar refractivity (Wildman–Crippen MR) is 107 cm³/mol. The minimum absolute atomic E-state index is 0.0995. The van der Waals surface area contributed by atoms with Gasteiger partial charge in [0.15, 0.2) is 0 Å². The third kappa shape index (κ3) is 3.64. The molecule has 2 aliphatic heterocycles. The lowest BCUT2D eigenvalue weighted by atomic mass is 9.79. The first-order valence-corrected chi connectivity index (χ1v) is 10.1. The fourth-order valence-corrected chi connectivity index (χ4v) is 4.76. The van der Waals surface area contributed by atoms with Gasteiger partial charge in [-0.15, -0.1) is 11.3 Å². The first-order valence-electron chi connectivity index (χ1n) is 9.17. The fourth-order valence-electron chi connectivity index (χ4n) is 3.97. The monoisotopic (exact) mass is 431 g/mol. The second-order valence-electron chi connectivity index (χ2n) is 7.09. The molecule has 30 heavy (non-hydrogen) atoms. The smallest absolute Gasteiger partial charge is 0.310 e. The number of rotatable bonds is 6. The summed E-state index contributed by atoms with van der Waals surface area (Å²) in [5.41, 5.74) is 0.474. The highest BCUT2D eigenvalue weighted by Gasteiger charge is 2.55. The van der Waals surface area contributed by atoms with E-state index in [0.29, 0.717) is 23.5 Å². The van der Waals surface area contributed by atoms with E-state index in [0.717, 1.165) is 11.3 Å². The number of anilines is 2. The van der Waals surface area contributed by atoms with E-state index in [1.54, 1.807) is 5.38 Å². The van der Waals surface area contributed by atoms with E-state index < -0.39 is 46.8 Å². The van der Waals surface area contributed by atoms with Crippen LogP contribution in [0.2, 0.25) is 0 Å². The number of nitrogens with zero attached hydrogens (tertiary/aromatic N) is 1. The molecule has 0 saturated carbocycles. The van der Waals surface area contributed by atoms with Gasteiger partial charge in [-0.2, -0.15) is 0 Å². The van der Waals surface area contributed by atoms with Crippen LogP contribution in [-0.4, -0.2) is 40.0 Å². The van der Waals surface area contributed by atoms with E-state index in [-0.39, 0.29) is 11.3 Å². The molecule has 2 amide bonds. The van der Waals surface area contributed by atoms with Gasteiger partial charge < -0.3 is 20.5 Å². The van der Waals surface area contributed by atoms with Crippen LogP contribution in [0.5, 0.6) is 0 Å². The van der Waals surface area contributed by atoms with Crippen molar-refractivity contribution in [2.45, 2.75) is 25.0 Å². The Labute approximate surface area is 174 Å². The number of carbonyl (C=O) groups is 3. The number of amides is 2. The van der Waals surface area contributed by atoms with Gasteiger partial charge in [-0.1, -0.05) is 0 Å². The number of benzene rings is 1. The molecule has 1 aromatic heterocycles. The van der Waals surface area contributed by atoms with Crippen LogP contribution in [0.15, 0.2) is 35.7 Å². The van der Waals surface area contributed by atoms with Crippen LogP contribution in [0, 0.1) is 22.0 Å². The van der Waals surface area contributed by atoms with Crippen LogP contribution in [0.25, 0.3) is 0 Å². The van der Waals surface area contributed by atoms with E-state index >= 15 is 0 Å². The number of carboxylic acid groups (broad SMARTS) is 1. The summed E-state index contributed by atoms with van der Waals surface area (Å²) in [6.07, 6.45) is 0.350. The first-order chi connectivity index (χ1) is 14.3. The van der Waals surface area contributed by atoms with E-state index in [1.807, 2.05) is 0 Å². The van der Waals surface area contributed by atoms with E-state index in [2.05, 4.69) is 10.6 Å². The average Bonchev–Trinajstić information content (AvgIpc) is 3.43. The van der Waals surface area contributed by atoms with Gasteiger partial charge in [0, 0.05) is 17.8 Å². The minimum atomic E-state index is -1.07. The van der Waals surface area contributed by atoms with E-state index in [1.165, 1.54) is 30.3 Å². The van der Waals surface area contributed by atoms with Gasteiger partial charge in [0.1, 0.15) is 5.00 Å². The molecule has 4 atom stereocenters. The molecule has 11 heteroatoms. The zero-order chi connectivity index (χ0) is 21.4. The molecule has 4 unspecified atom stereocenters. The summed E-state index contributed by atoms with van der Waals surface area (Å²) in [5, 5.41) is 27.4. The molecule has 0 radical (unpaired) electrons. The Hall–Kier alpha value is -3.31. The SMILES string of the molecule is O=C(Nc1ccc([N+](=O)[O-])cc1)c1ccsc1NC(=O)C1C2CCC(O2)C1C(=O)O. The zero-order valence-electron chi connectivity index (χ0n) is 15.4. The summed E-state index contributed by atoms with van der Waals surface area (Å²) < 4.78 is 5.62. The van der Waals surface area contributed by atoms with Crippen LogP contribution in [0.4, 0.5) is 16.4 Å². The molecule has 156 valence electrons. The summed E-state index contributed by atoms with van der Waals surface area (Å²) in [4.78, 5) is 47.2. The largest absolute Gasteiger partial charge is 0.481 e. The lowest BCUT2D eigenvalue weighted by Crippen LogP contribution is -2.41. The second kappa shape index (κ2) is 7.84. The molecule has 0 spiro atoms. The Morgan fingerprint density at radius 1 is 1.07 bits per heavy atom. The average molecular weight is 431 g/mol. The number of carboxylic acids is 1. The molecular formula is C19H17N3O7S. The molecule has 2 saturated heterocycles. The molecule has 3 N–H and O–H groups in total. The molecule has 2 aromatic rings. The van der Waals surface area contributed by atoms with Crippen molar-refractivity contribution in [1.29, 1.82) is 0 Å². The number of carbonyl (C=O) groups excluding carboxylic acids is 2. The summed E-state index contributed by atoms with van der Waals surface area (Å²) in [5.74, 6) is -3.76. The van der Waals surface area contributed by atoms with Gasteiger partial charge in [-0.3, -0.25) is 24.5 Å². The third-order valence-corrected chi connectivity index (χ3v) is 6.17. The highest BCUT2D eigenvalue weighted by Crippen LogP contribution is 2.44. The third-order valence-electron chi connectivity index (χ3n) is 5.34. The van der Waals surface area contributed by atoms with Crippen molar-refractivity contribution in [3.63, 3.8) is 0 Å². The summed E-state index contributed by atoms with van der Waals surface area (Å²) >= 11 is 1.14. The van der Waals surface area contributed by atoms with Crippen LogP contribution in [-0.2, 0) is 14.3 Å². The molecule has 2 bridgehead atoms. The van der Waals surface area contributed by atoms with Crippen molar-refractivity contribution >= 4 is 45.5 Å². The van der Waals surface area contributed by atoms with Crippen molar-refractivity contribution in [1.82, 2.24) is 0 Å². The van der Waals surface area contributed by atoms with Gasteiger partial charge in [0.2, 0.25) is 5.91 Å². The van der Waals surface area contributed by atoms with Crippen LogP contribution >= 0.6 is 11.3 Å². The van der Waals surface area contributed by atoms with Crippen molar-refractivity contribution in [2.75, 3.05) is 10.6 Å². The van der Waals surface area contributed by atoms with Crippen molar-refractivity contribution in [3.8, 4) is 0 Å². The summed E-state index contributed by atoms with van der Waals surface area (Å²) in [7, 11) is 0. The van der Waals surface area contributed by atoms with Crippen LogP contribution < -0.4 is 10.6 Å². The lowest BCUT2D eigenvalue weighted by molar-refractivity contribution is -0.384. The van der Waals surface area contributed by atoms with Gasteiger partial charge in [-0.25, -0.2) is 0 Å². The molecule has 3 heterocycles. The molecule has 2 aliphatic rings. The molecule has 10 nitrogen and oxygen atoms in total. The van der Waals surface area contributed by atoms with Crippen molar-refractivity contribution in [3.05, 3.63) is 51.4 Å². The van der Waals surface area contributed by atoms with E-state index in [4.69, 9.17) is 4.74 Å². The summed E-state index contributed by atoms with van der Waals surface area (Å²) in [6, 6.07) is 6.89. The maximum absolute atomic E-state index is 12.8. The second-order valence-corrected chi connectivity index (χ2v) is 8.01. The Morgan fingerprint density at radius 3 is 2.37 bits per heavy atom. The number of thiophene rings is 1. The van der Waals surface area contributed by atoms with Gasteiger partial charge in [0.25, 0.3) is 11.6 Å². The van der Waals surface area contributed by atoms with Gasteiger partial charge >= 0.3 is 5.97 Å². The number of nitro groups is 1.